The minimum atomic E-state index is -0.557. The number of fused-ring (bicyclic) bond motifs is 4. The first-order chi connectivity index (χ1) is 16.2. The molecule has 0 aliphatic carbocycles. The zero-order valence-corrected chi connectivity index (χ0v) is 19.7. The molecular formula is C24H29FN8O. The van der Waals surface area contributed by atoms with Crippen LogP contribution in [-0.4, -0.2) is 56.8 Å². The van der Waals surface area contributed by atoms with Crippen LogP contribution in [0, 0.1) is 11.2 Å². The number of aromatic nitrogens is 4. The first-order valence-corrected chi connectivity index (χ1v) is 11.8. The molecule has 6 heterocycles. The van der Waals surface area contributed by atoms with Gasteiger partial charge < -0.3 is 15.5 Å². The van der Waals surface area contributed by atoms with Crippen molar-refractivity contribution in [2.24, 2.45) is 5.41 Å². The van der Waals surface area contributed by atoms with Crippen molar-refractivity contribution in [3.8, 4) is 0 Å². The van der Waals surface area contributed by atoms with Crippen LogP contribution in [-0.2, 0) is 6.42 Å². The fourth-order valence-corrected chi connectivity index (χ4v) is 5.76. The molecule has 3 aromatic heterocycles. The molecule has 2 saturated heterocycles. The van der Waals surface area contributed by atoms with E-state index in [4.69, 9.17) is 0 Å². The smallest absolute Gasteiger partial charge is 0.327 e. The van der Waals surface area contributed by atoms with Crippen LogP contribution < -0.4 is 20.4 Å². The van der Waals surface area contributed by atoms with Crippen LogP contribution in [0.3, 0.4) is 0 Å². The number of nitrogens with one attached hydrogen (secondary N) is 2. The van der Waals surface area contributed by atoms with Crippen molar-refractivity contribution >= 4 is 28.9 Å². The molecule has 2 unspecified atom stereocenters. The average molecular weight is 465 g/mol. The summed E-state index contributed by atoms with van der Waals surface area (Å²) in [6.45, 7) is 9.31. The summed E-state index contributed by atoms with van der Waals surface area (Å²) in [5.74, 6) is 0.0895. The average Bonchev–Trinajstić information content (AvgIpc) is 3.50. The molecule has 178 valence electrons. The number of halogens is 1. The Labute approximate surface area is 197 Å². The van der Waals surface area contributed by atoms with E-state index in [-0.39, 0.29) is 16.6 Å². The predicted molar refractivity (Wildman–Crippen MR) is 128 cm³/mol. The number of hydrogen-bond donors (Lipinski definition) is 2. The van der Waals surface area contributed by atoms with Gasteiger partial charge >= 0.3 is 6.03 Å². The first-order valence-electron chi connectivity index (χ1n) is 11.8. The summed E-state index contributed by atoms with van der Waals surface area (Å²) in [4.78, 5) is 25.7. The lowest BCUT2D eigenvalue weighted by atomic mass is 9.72. The number of amides is 2. The molecule has 3 aromatic rings. The highest BCUT2D eigenvalue weighted by Crippen LogP contribution is 2.45. The molecule has 10 heteroatoms. The zero-order chi connectivity index (χ0) is 23.7. The number of urea groups is 1. The van der Waals surface area contributed by atoms with Gasteiger partial charge in [0, 0.05) is 54.7 Å². The van der Waals surface area contributed by atoms with E-state index >= 15 is 0 Å². The molecule has 2 amide bonds. The Balaban J connectivity index is 1.27. The summed E-state index contributed by atoms with van der Waals surface area (Å²) in [5, 5.41) is 10.6. The Morgan fingerprint density at radius 2 is 2.18 bits per heavy atom. The maximum Gasteiger partial charge on any atom is 0.327 e. The maximum atomic E-state index is 14.5. The van der Waals surface area contributed by atoms with Crippen molar-refractivity contribution in [3.05, 3.63) is 42.2 Å². The molecule has 34 heavy (non-hydrogen) atoms. The van der Waals surface area contributed by atoms with Gasteiger partial charge in [0.1, 0.15) is 12.1 Å². The molecule has 0 saturated carbocycles. The Morgan fingerprint density at radius 3 is 3.00 bits per heavy atom. The van der Waals surface area contributed by atoms with E-state index in [1.54, 1.807) is 11.1 Å². The molecule has 2 atom stereocenters. The highest BCUT2D eigenvalue weighted by atomic mass is 19.1. The molecule has 2 bridgehead atoms. The highest BCUT2D eigenvalue weighted by Gasteiger charge is 2.51. The van der Waals surface area contributed by atoms with Crippen LogP contribution in [0.1, 0.15) is 39.2 Å². The number of piperazine rings is 1. The number of rotatable bonds is 2. The van der Waals surface area contributed by atoms with E-state index < -0.39 is 11.8 Å². The van der Waals surface area contributed by atoms with Crippen molar-refractivity contribution < 1.29 is 9.18 Å². The molecule has 0 spiro atoms. The van der Waals surface area contributed by atoms with E-state index in [9.17, 15) is 9.18 Å². The van der Waals surface area contributed by atoms with E-state index in [2.05, 4.69) is 57.4 Å². The van der Waals surface area contributed by atoms with Gasteiger partial charge in [-0.15, -0.1) is 0 Å². The largest absolute Gasteiger partial charge is 0.368 e. The third kappa shape index (κ3) is 3.23. The summed E-state index contributed by atoms with van der Waals surface area (Å²) >= 11 is 0. The summed E-state index contributed by atoms with van der Waals surface area (Å²) in [7, 11) is 0. The first kappa shape index (κ1) is 21.3. The van der Waals surface area contributed by atoms with Gasteiger partial charge in [-0.1, -0.05) is 20.8 Å². The minimum absolute atomic E-state index is 0.0541. The monoisotopic (exact) mass is 464 g/mol. The summed E-state index contributed by atoms with van der Waals surface area (Å²) < 4.78 is 15.9. The van der Waals surface area contributed by atoms with Gasteiger partial charge in [0.15, 0.2) is 11.5 Å². The zero-order valence-electron chi connectivity index (χ0n) is 19.7. The van der Waals surface area contributed by atoms with Crippen molar-refractivity contribution in [1.82, 2.24) is 24.9 Å². The SMILES string of the molecule is CC(C)(C)C12CCC(CN(c3ccnc4c3CCN4C(=O)Nc3cn4ncnc4cc3F)C1)N2. The molecule has 6 rings (SSSR count). The number of nitrogens with zero attached hydrogens (tertiary/aromatic N) is 6. The van der Waals surface area contributed by atoms with Gasteiger partial charge in [0.25, 0.3) is 0 Å². The second-order valence-corrected chi connectivity index (χ2v) is 10.7. The van der Waals surface area contributed by atoms with E-state index in [1.807, 2.05) is 0 Å². The normalized spacial score (nSPS) is 24.1. The lowest BCUT2D eigenvalue weighted by Gasteiger charge is -2.50. The van der Waals surface area contributed by atoms with Gasteiger partial charge in [0.2, 0.25) is 0 Å². The summed E-state index contributed by atoms with van der Waals surface area (Å²) in [6.07, 6.45) is 7.61. The lowest BCUT2D eigenvalue weighted by Crippen LogP contribution is -2.65. The highest BCUT2D eigenvalue weighted by molar-refractivity contribution is 6.03. The third-order valence-corrected chi connectivity index (χ3v) is 7.78. The topological polar surface area (TPSA) is 90.7 Å². The standard InChI is InChI=1S/C24H29FN8O/c1-23(2,3)24-7-4-15(30-24)11-31(13-24)19-5-8-26-21-16(19)6-9-32(21)22(34)29-18-12-33-20(10-17(18)25)27-14-28-33/h5,8,10,12,14-15,30H,4,6-7,9,11,13H2,1-3H3,(H,29,34). The molecule has 3 aliphatic rings. The van der Waals surface area contributed by atoms with Gasteiger partial charge in [-0.2, -0.15) is 5.10 Å². The van der Waals surface area contributed by atoms with Crippen LogP contribution in [0.2, 0.25) is 0 Å². The number of hydrogen-bond acceptors (Lipinski definition) is 6. The Hall–Kier alpha value is -3.27. The molecule has 0 aromatic carbocycles. The Kier molecular flexibility index (Phi) is 4.61. The molecule has 3 aliphatic heterocycles. The molecule has 2 N–H and O–H groups in total. The molecule has 0 radical (unpaired) electrons. The van der Waals surface area contributed by atoms with Crippen LogP contribution in [0.15, 0.2) is 30.9 Å². The van der Waals surface area contributed by atoms with Crippen LogP contribution >= 0.6 is 0 Å². The number of anilines is 3. The van der Waals surface area contributed by atoms with E-state index in [0.717, 1.165) is 24.3 Å². The van der Waals surface area contributed by atoms with Crippen molar-refractivity contribution in [2.45, 2.75) is 51.6 Å². The molecule has 2 fully saturated rings. The fraction of sp³-hybridized carbons (Fsp3) is 0.500. The van der Waals surface area contributed by atoms with E-state index in [1.165, 1.54) is 35.9 Å². The second kappa shape index (κ2) is 7.36. The van der Waals surface area contributed by atoms with Gasteiger partial charge in [-0.3, -0.25) is 4.90 Å². The number of carbonyl (C=O) groups excluding carboxylic acids is 1. The number of pyridine rings is 2. The fourth-order valence-electron chi connectivity index (χ4n) is 5.76. The summed E-state index contributed by atoms with van der Waals surface area (Å²) in [6, 6.07) is 3.38. The van der Waals surface area contributed by atoms with Gasteiger partial charge in [-0.05, 0) is 30.7 Å². The minimum Gasteiger partial charge on any atom is -0.368 e. The van der Waals surface area contributed by atoms with Crippen molar-refractivity contribution in [2.75, 3.05) is 34.8 Å². The quantitative estimate of drug-likeness (QED) is 0.605. The van der Waals surface area contributed by atoms with Gasteiger partial charge in [0.05, 0.1) is 11.9 Å². The van der Waals surface area contributed by atoms with Crippen LogP contribution in [0.5, 0.6) is 0 Å². The summed E-state index contributed by atoms with van der Waals surface area (Å²) in [5.41, 5.74) is 2.87. The van der Waals surface area contributed by atoms with Crippen LogP contribution in [0.25, 0.3) is 5.65 Å². The third-order valence-electron chi connectivity index (χ3n) is 7.78. The lowest BCUT2D eigenvalue weighted by molar-refractivity contribution is 0.145. The van der Waals surface area contributed by atoms with Crippen molar-refractivity contribution in [1.29, 1.82) is 0 Å². The Morgan fingerprint density at radius 1 is 1.32 bits per heavy atom. The van der Waals surface area contributed by atoms with Crippen LogP contribution in [0.4, 0.5) is 26.4 Å². The van der Waals surface area contributed by atoms with Gasteiger partial charge in [-0.25, -0.2) is 23.7 Å². The van der Waals surface area contributed by atoms with E-state index in [0.29, 0.717) is 30.5 Å². The molecular weight excluding hydrogens is 435 g/mol. The number of carbonyl (C=O) groups is 1. The maximum absolute atomic E-state index is 14.5. The predicted octanol–water partition coefficient (Wildman–Crippen LogP) is 3.21. The second-order valence-electron chi connectivity index (χ2n) is 10.7. The molecule has 9 nitrogen and oxygen atoms in total. The Bertz CT molecular complexity index is 1280. The van der Waals surface area contributed by atoms with Crippen molar-refractivity contribution in [3.63, 3.8) is 0 Å².